The van der Waals surface area contributed by atoms with E-state index in [0.717, 1.165) is 30.1 Å². The zero-order chi connectivity index (χ0) is 14.4. The highest BCUT2D eigenvalue weighted by Crippen LogP contribution is 2.47. The summed E-state index contributed by atoms with van der Waals surface area (Å²) in [6.07, 6.45) is 4.91. The highest BCUT2D eigenvalue weighted by Gasteiger charge is 2.44. The Morgan fingerprint density at radius 2 is 1.80 bits per heavy atom. The molecule has 1 saturated carbocycles. The number of rotatable bonds is 0. The first-order valence-electron chi connectivity index (χ1n) is 7.71. The van der Waals surface area contributed by atoms with Gasteiger partial charge < -0.3 is 4.74 Å². The summed E-state index contributed by atoms with van der Waals surface area (Å²) in [5.41, 5.74) is 0.891. The van der Waals surface area contributed by atoms with Crippen LogP contribution in [-0.2, 0) is 0 Å². The van der Waals surface area contributed by atoms with Crippen molar-refractivity contribution in [1.82, 2.24) is 0 Å². The Hall–Kier alpha value is -1.31. The number of ketones is 1. The van der Waals surface area contributed by atoms with Crippen LogP contribution in [0.25, 0.3) is 0 Å². The number of ether oxygens (including phenoxy) is 1. The smallest absolute Gasteiger partial charge is 0.170 e. The second kappa shape index (κ2) is 4.61. The van der Waals surface area contributed by atoms with Gasteiger partial charge in [-0.05, 0) is 49.1 Å². The van der Waals surface area contributed by atoms with Gasteiger partial charge in [-0.1, -0.05) is 32.9 Å². The monoisotopic (exact) mass is 272 g/mol. The minimum atomic E-state index is -0.229. The summed E-state index contributed by atoms with van der Waals surface area (Å²) < 4.78 is 6.27. The number of carbonyl (C=O) groups excluding carboxylic acids is 1. The fraction of sp³-hybridized carbons (Fsp3) is 0.611. The molecule has 0 bridgehead atoms. The molecule has 3 rings (SSSR count). The van der Waals surface area contributed by atoms with Gasteiger partial charge in [-0.15, -0.1) is 0 Å². The fourth-order valence-corrected chi connectivity index (χ4v) is 3.73. The molecule has 0 amide bonds. The van der Waals surface area contributed by atoms with Crippen LogP contribution in [0.1, 0.15) is 63.2 Å². The molecule has 1 fully saturated rings. The lowest BCUT2D eigenvalue weighted by Crippen LogP contribution is -2.46. The van der Waals surface area contributed by atoms with Gasteiger partial charge in [-0.2, -0.15) is 0 Å². The second-order valence-corrected chi connectivity index (χ2v) is 7.52. The van der Waals surface area contributed by atoms with E-state index in [4.69, 9.17) is 4.74 Å². The third-order valence-corrected chi connectivity index (χ3v) is 5.12. The summed E-state index contributed by atoms with van der Waals surface area (Å²) >= 11 is 0. The molecule has 20 heavy (non-hydrogen) atoms. The SMILES string of the molecule is CC(C)(C)C1CCC2(CC1)CC(=O)c1ccccc1O2. The van der Waals surface area contributed by atoms with E-state index in [9.17, 15) is 4.79 Å². The van der Waals surface area contributed by atoms with Crippen molar-refractivity contribution >= 4 is 5.78 Å². The van der Waals surface area contributed by atoms with Crippen molar-refractivity contribution < 1.29 is 9.53 Å². The maximum absolute atomic E-state index is 12.4. The van der Waals surface area contributed by atoms with Gasteiger partial charge in [0.1, 0.15) is 11.4 Å². The Morgan fingerprint density at radius 3 is 2.45 bits per heavy atom. The van der Waals surface area contributed by atoms with E-state index in [0.29, 0.717) is 11.8 Å². The Morgan fingerprint density at radius 1 is 1.15 bits per heavy atom. The average molecular weight is 272 g/mol. The van der Waals surface area contributed by atoms with E-state index in [2.05, 4.69) is 20.8 Å². The highest BCUT2D eigenvalue weighted by atomic mass is 16.5. The number of fused-ring (bicyclic) bond motifs is 1. The van der Waals surface area contributed by atoms with Crippen LogP contribution in [0.2, 0.25) is 0 Å². The van der Waals surface area contributed by atoms with Crippen LogP contribution in [0.3, 0.4) is 0 Å². The van der Waals surface area contributed by atoms with Gasteiger partial charge in [0, 0.05) is 0 Å². The fourth-order valence-electron chi connectivity index (χ4n) is 3.73. The molecule has 108 valence electrons. The van der Waals surface area contributed by atoms with Gasteiger partial charge >= 0.3 is 0 Å². The van der Waals surface area contributed by atoms with Crippen LogP contribution in [0.5, 0.6) is 5.75 Å². The van der Waals surface area contributed by atoms with Gasteiger partial charge in [0.25, 0.3) is 0 Å². The quantitative estimate of drug-likeness (QED) is 0.688. The molecular weight excluding hydrogens is 248 g/mol. The molecule has 1 spiro atoms. The molecule has 0 unspecified atom stereocenters. The predicted octanol–water partition coefficient (Wildman–Crippen LogP) is 4.63. The first-order valence-corrected chi connectivity index (χ1v) is 7.71. The maximum atomic E-state index is 12.4. The summed E-state index contributed by atoms with van der Waals surface area (Å²) in [7, 11) is 0. The normalized spacial score (nSPS) is 29.9. The van der Waals surface area contributed by atoms with Crippen molar-refractivity contribution in [3.63, 3.8) is 0 Å². The largest absolute Gasteiger partial charge is 0.486 e. The van der Waals surface area contributed by atoms with Crippen LogP contribution in [0, 0.1) is 11.3 Å². The molecule has 2 heteroatoms. The zero-order valence-electron chi connectivity index (χ0n) is 12.7. The Balaban J connectivity index is 1.79. The lowest BCUT2D eigenvalue weighted by molar-refractivity contribution is -0.0127. The first-order chi connectivity index (χ1) is 9.40. The van der Waals surface area contributed by atoms with E-state index in [1.165, 1.54) is 12.8 Å². The van der Waals surface area contributed by atoms with E-state index < -0.39 is 0 Å². The highest BCUT2D eigenvalue weighted by molar-refractivity contribution is 6.00. The molecule has 2 aliphatic rings. The van der Waals surface area contributed by atoms with Crippen molar-refractivity contribution in [3.05, 3.63) is 29.8 Å². The number of hydrogen-bond donors (Lipinski definition) is 0. The third-order valence-electron chi connectivity index (χ3n) is 5.12. The van der Waals surface area contributed by atoms with Crippen molar-refractivity contribution in [1.29, 1.82) is 0 Å². The van der Waals surface area contributed by atoms with Gasteiger partial charge in [0.15, 0.2) is 5.78 Å². The number of Topliss-reactive ketones (excluding diaryl/α,β-unsaturated/α-hetero) is 1. The molecule has 1 aromatic carbocycles. The summed E-state index contributed by atoms with van der Waals surface area (Å²) in [5.74, 6) is 1.78. The first kappa shape index (κ1) is 13.7. The van der Waals surface area contributed by atoms with Gasteiger partial charge in [0.2, 0.25) is 0 Å². The molecular formula is C18H24O2. The van der Waals surface area contributed by atoms with Gasteiger partial charge in [0.05, 0.1) is 12.0 Å². The van der Waals surface area contributed by atoms with E-state index in [1.807, 2.05) is 24.3 Å². The number of para-hydroxylation sites is 1. The Labute approximate surface area is 121 Å². The number of benzene rings is 1. The van der Waals surface area contributed by atoms with Gasteiger partial charge in [-0.3, -0.25) is 4.79 Å². The summed E-state index contributed by atoms with van der Waals surface area (Å²) in [6, 6.07) is 7.68. The molecule has 1 aliphatic heterocycles. The minimum absolute atomic E-state index is 0.229. The molecule has 0 saturated heterocycles. The molecule has 1 aromatic rings. The predicted molar refractivity (Wildman–Crippen MR) is 80.2 cm³/mol. The average Bonchev–Trinajstić information content (AvgIpc) is 2.38. The second-order valence-electron chi connectivity index (χ2n) is 7.52. The van der Waals surface area contributed by atoms with E-state index in [-0.39, 0.29) is 11.4 Å². The van der Waals surface area contributed by atoms with Crippen molar-refractivity contribution in [2.75, 3.05) is 0 Å². The maximum Gasteiger partial charge on any atom is 0.170 e. The number of carbonyl (C=O) groups is 1. The van der Waals surface area contributed by atoms with Crippen LogP contribution >= 0.6 is 0 Å². The molecule has 0 N–H and O–H groups in total. The van der Waals surface area contributed by atoms with E-state index in [1.54, 1.807) is 0 Å². The van der Waals surface area contributed by atoms with Crippen LogP contribution in [0.15, 0.2) is 24.3 Å². The molecule has 0 atom stereocenters. The molecule has 0 radical (unpaired) electrons. The van der Waals surface area contributed by atoms with Gasteiger partial charge in [-0.25, -0.2) is 0 Å². The third kappa shape index (κ3) is 2.36. The van der Waals surface area contributed by atoms with Crippen molar-refractivity contribution in [2.24, 2.45) is 11.3 Å². The molecule has 0 aromatic heterocycles. The van der Waals surface area contributed by atoms with Crippen LogP contribution in [-0.4, -0.2) is 11.4 Å². The molecule has 2 nitrogen and oxygen atoms in total. The summed E-state index contributed by atoms with van der Waals surface area (Å²) in [6.45, 7) is 6.95. The topological polar surface area (TPSA) is 26.3 Å². The van der Waals surface area contributed by atoms with Crippen molar-refractivity contribution in [3.8, 4) is 5.75 Å². The Bertz CT molecular complexity index is 516. The molecule has 1 aliphatic carbocycles. The molecule has 1 heterocycles. The van der Waals surface area contributed by atoms with Crippen LogP contribution < -0.4 is 4.74 Å². The van der Waals surface area contributed by atoms with Crippen LogP contribution in [0.4, 0.5) is 0 Å². The summed E-state index contributed by atoms with van der Waals surface area (Å²) in [4.78, 5) is 12.4. The Kier molecular flexibility index (Phi) is 3.15. The summed E-state index contributed by atoms with van der Waals surface area (Å²) in [5, 5.41) is 0. The zero-order valence-corrected chi connectivity index (χ0v) is 12.7. The number of hydrogen-bond acceptors (Lipinski definition) is 2. The lowest BCUT2D eigenvalue weighted by Gasteiger charge is -2.45. The van der Waals surface area contributed by atoms with Crippen molar-refractivity contribution in [2.45, 2.75) is 58.5 Å². The van der Waals surface area contributed by atoms with E-state index >= 15 is 0 Å². The standard InChI is InChI=1S/C18H24O2/c1-17(2,3)13-8-10-18(11-9-13)12-15(19)14-6-4-5-7-16(14)20-18/h4-7,13H,8-12H2,1-3H3. The minimum Gasteiger partial charge on any atom is -0.486 e. The lowest BCUT2D eigenvalue weighted by atomic mass is 9.66.